The quantitative estimate of drug-likeness (QED) is 0.787. The van der Waals surface area contributed by atoms with Gasteiger partial charge in [-0.05, 0) is 20.8 Å². The summed E-state index contributed by atoms with van der Waals surface area (Å²) in [6.45, 7) is 5.74. The third kappa shape index (κ3) is 3.59. The van der Waals surface area contributed by atoms with Crippen LogP contribution in [0.5, 0.6) is 5.75 Å². The van der Waals surface area contributed by atoms with Gasteiger partial charge in [0.05, 0.1) is 25.4 Å². The molecule has 2 aliphatic heterocycles. The summed E-state index contributed by atoms with van der Waals surface area (Å²) in [7, 11) is 0. The zero-order valence-corrected chi connectivity index (χ0v) is 15.9. The second-order valence-electron chi connectivity index (χ2n) is 7.48. The Labute approximate surface area is 161 Å². The van der Waals surface area contributed by atoms with Gasteiger partial charge in [-0.15, -0.1) is 0 Å². The van der Waals surface area contributed by atoms with Crippen LogP contribution in [0.15, 0.2) is 17.1 Å². The number of benzene rings is 1. The number of amidine groups is 1. The number of nitrogens with zero attached hydrogens (tertiary/aromatic N) is 3. The molecule has 0 unspecified atom stereocenters. The smallest absolute Gasteiger partial charge is 0.415 e. The Morgan fingerprint density at radius 2 is 2.14 bits per heavy atom. The zero-order valence-electron chi connectivity index (χ0n) is 15.9. The molecule has 1 fully saturated rings. The maximum Gasteiger partial charge on any atom is 0.415 e. The number of hydrogen-bond acceptors (Lipinski definition) is 6. The first-order chi connectivity index (χ1) is 13.1. The minimum atomic E-state index is -1.09. The van der Waals surface area contributed by atoms with Gasteiger partial charge in [0.25, 0.3) is 5.91 Å². The van der Waals surface area contributed by atoms with Crippen LogP contribution in [0, 0.1) is 5.82 Å². The van der Waals surface area contributed by atoms with Crippen molar-refractivity contribution in [3.8, 4) is 5.75 Å². The lowest BCUT2D eigenvalue weighted by Gasteiger charge is -2.42. The van der Waals surface area contributed by atoms with E-state index in [9.17, 15) is 9.59 Å². The number of fused-ring (bicyclic) bond motifs is 1. The molecule has 28 heavy (non-hydrogen) atoms. The molecule has 1 aromatic carbocycles. The van der Waals surface area contributed by atoms with Crippen LogP contribution in [0.25, 0.3) is 0 Å². The molecule has 0 spiro atoms. The van der Waals surface area contributed by atoms with E-state index in [1.54, 1.807) is 4.90 Å². The molecule has 152 valence electrons. The van der Waals surface area contributed by atoms with E-state index in [4.69, 9.17) is 20.3 Å². The minimum Gasteiger partial charge on any atom is -0.483 e. The molecular formula is C18H23FN4O5. The van der Waals surface area contributed by atoms with Gasteiger partial charge in [-0.2, -0.15) is 0 Å². The number of aliphatic imine (C=N–C) groups is 1. The van der Waals surface area contributed by atoms with Crippen molar-refractivity contribution in [2.45, 2.75) is 32.4 Å². The van der Waals surface area contributed by atoms with Crippen LogP contribution in [0.3, 0.4) is 0 Å². The summed E-state index contributed by atoms with van der Waals surface area (Å²) in [4.78, 5) is 30.5. The highest BCUT2D eigenvalue weighted by atomic mass is 19.1. The monoisotopic (exact) mass is 394 g/mol. The first-order valence-corrected chi connectivity index (χ1v) is 8.81. The lowest BCUT2D eigenvalue weighted by atomic mass is 10.0. The van der Waals surface area contributed by atoms with E-state index >= 15 is 4.39 Å². The number of rotatable bonds is 4. The summed E-state index contributed by atoms with van der Waals surface area (Å²) in [6, 6.07) is 2.70. The number of aliphatic hydroxyl groups excluding tert-OH is 1. The number of primary amides is 1. The van der Waals surface area contributed by atoms with Crippen molar-refractivity contribution in [3.63, 3.8) is 0 Å². The molecule has 1 saturated heterocycles. The standard InChI is InChI=1S/C18H23FN4O5/c1-18(2,3)23-14(21-4-5-24)9-27-12-7-10(6-11(19)15(12)23)22-8-13(16(20)25)28-17(22)26/h6-7,13,24H,4-5,8-9H2,1-3H3,(H2,20,25)/t13-/m1/s1. The fourth-order valence-corrected chi connectivity index (χ4v) is 3.22. The Morgan fingerprint density at radius 1 is 1.43 bits per heavy atom. The highest BCUT2D eigenvalue weighted by Gasteiger charge is 2.39. The van der Waals surface area contributed by atoms with Gasteiger partial charge in [-0.1, -0.05) is 0 Å². The largest absolute Gasteiger partial charge is 0.483 e. The molecule has 0 aliphatic carbocycles. The van der Waals surface area contributed by atoms with Crippen molar-refractivity contribution in [3.05, 3.63) is 17.9 Å². The molecule has 0 bridgehead atoms. The van der Waals surface area contributed by atoms with Crippen molar-refractivity contribution in [2.24, 2.45) is 10.7 Å². The van der Waals surface area contributed by atoms with E-state index in [1.165, 1.54) is 12.1 Å². The second kappa shape index (κ2) is 7.27. The number of anilines is 2. The van der Waals surface area contributed by atoms with Crippen LogP contribution in [0.2, 0.25) is 0 Å². The first kappa shape index (κ1) is 19.9. The summed E-state index contributed by atoms with van der Waals surface area (Å²) in [5, 5.41) is 9.06. The van der Waals surface area contributed by atoms with E-state index in [0.29, 0.717) is 5.84 Å². The number of carbonyl (C=O) groups is 2. The predicted octanol–water partition coefficient (Wildman–Crippen LogP) is 1.02. The maximum absolute atomic E-state index is 15.1. The summed E-state index contributed by atoms with van der Waals surface area (Å²) in [5.41, 5.74) is 5.06. The van der Waals surface area contributed by atoms with Crippen molar-refractivity contribution < 1.29 is 28.6 Å². The van der Waals surface area contributed by atoms with Gasteiger partial charge >= 0.3 is 6.09 Å². The van der Waals surface area contributed by atoms with Crippen LogP contribution >= 0.6 is 0 Å². The number of nitrogens with two attached hydrogens (primary N) is 1. The van der Waals surface area contributed by atoms with Gasteiger partial charge in [0.1, 0.15) is 23.9 Å². The molecule has 0 radical (unpaired) electrons. The molecule has 2 amide bonds. The molecule has 1 aromatic rings. The SMILES string of the molecule is CC(C)(C)N1C(=NCCO)COc2cc(N3C[C@H](C(N)=O)OC3=O)cc(F)c21. The van der Waals surface area contributed by atoms with E-state index in [2.05, 4.69) is 4.99 Å². The number of amides is 2. The van der Waals surface area contributed by atoms with Gasteiger partial charge in [0.2, 0.25) is 0 Å². The predicted molar refractivity (Wildman–Crippen MR) is 100 cm³/mol. The summed E-state index contributed by atoms with van der Waals surface area (Å²) in [6.07, 6.45) is -1.87. The Morgan fingerprint density at radius 3 is 2.71 bits per heavy atom. The Balaban J connectivity index is 2.02. The van der Waals surface area contributed by atoms with Crippen molar-refractivity contribution in [2.75, 3.05) is 36.1 Å². The molecule has 9 nitrogen and oxygen atoms in total. The average Bonchev–Trinajstić information content (AvgIpc) is 3.00. The van der Waals surface area contributed by atoms with Gasteiger partial charge in [-0.25, -0.2) is 9.18 Å². The molecular weight excluding hydrogens is 371 g/mol. The van der Waals surface area contributed by atoms with Crippen molar-refractivity contribution >= 4 is 29.2 Å². The van der Waals surface area contributed by atoms with Gasteiger partial charge in [0.15, 0.2) is 11.9 Å². The Hall–Kier alpha value is -2.88. The van der Waals surface area contributed by atoms with E-state index in [0.717, 1.165) is 4.90 Å². The Kier molecular flexibility index (Phi) is 5.16. The molecule has 2 aliphatic rings. The lowest BCUT2D eigenvalue weighted by Crippen LogP contribution is -2.51. The van der Waals surface area contributed by atoms with E-state index < -0.39 is 29.5 Å². The number of cyclic esters (lactones) is 1. The number of hydrogen-bond donors (Lipinski definition) is 2. The second-order valence-corrected chi connectivity index (χ2v) is 7.48. The molecule has 10 heteroatoms. The van der Waals surface area contributed by atoms with Crippen LogP contribution in [0.4, 0.5) is 20.6 Å². The number of aliphatic hydroxyl groups is 1. The first-order valence-electron chi connectivity index (χ1n) is 8.81. The fourth-order valence-electron chi connectivity index (χ4n) is 3.22. The van der Waals surface area contributed by atoms with Gasteiger partial charge in [-0.3, -0.25) is 14.7 Å². The number of carbonyl (C=O) groups excluding carboxylic acids is 2. The summed E-state index contributed by atoms with van der Waals surface area (Å²) < 4.78 is 25.7. The van der Waals surface area contributed by atoms with Crippen molar-refractivity contribution in [1.82, 2.24) is 0 Å². The highest BCUT2D eigenvalue weighted by Crippen LogP contribution is 2.42. The zero-order chi connectivity index (χ0) is 20.6. The lowest BCUT2D eigenvalue weighted by molar-refractivity contribution is -0.124. The molecule has 2 heterocycles. The highest BCUT2D eigenvalue weighted by molar-refractivity contribution is 6.04. The normalized spacial score (nSPS) is 20.8. The molecule has 0 saturated carbocycles. The fraction of sp³-hybridized carbons (Fsp3) is 0.500. The average molecular weight is 394 g/mol. The molecule has 0 aromatic heterocycles. The number of ether oxygens (including phenoxy) is 2. The van der Waals surface area contributed by atoms with Crippen molar-refractivity contribution in [1.29, 1.82) is 0 Å². The van der Waals surface area contributed by atoms with Crippen LogP contribution < -0.4 is 20.3 Å². The van der Waals surface area contributed by atoms with Gasteiger partial charge in [0, 0.05) is 17.7 Å². The van der Waals surface area contributed by atoms with Gasteiger partial charge < -0.3 is 25.2 Å². The minimum absolute atomic E-state index is 0.0848. The summed E-state index contributed by atoms with van der Waals surface area (Å²) in [5.74, 6) is -0.651. The molecule has 3 N–H and O–H groups in total. The third-order valence-corrected chi connectivity index (χ3v) is 4.36. The van der Waals surface area contributed by atoms with Crippen LogP contribution in [-0.2, 0) is 9.53 Å². The van der Waals surface area contributed by atoms with Crippen LogP contribution in [0.1, 0.15) is 20.8 Å². The molecule has 1 atom stereocenters. The van der Waals surface area contributed by atoms with Crippen LogP contribution in [-0.4, -0.2) is 60.9 Å². The maximum atomic E-state index is 15.1. The van der Waals surface area contributed by atoms with E-state index in [-0.39, 0.29) is 43.4 Å². The molecule has 3 rings (SSSR count). The summed E-state index contributed by atoms with van der Waals surface area (Å²) >= 11 is 0. The van der Waals surface area contributed by atoms with E-state index in [1.807, 2.05) is 20.8 Å². The topological polar surface area (TPSA) is 118 Å². The Bertz CT molecular complexity index is 836. The number of halogens is 1. The third-order valence-electron chi connectivity index (χ3n) is 4.36.